The lowest BCUT2D eigenvalue weighted by atomic mass is 9.97. The van der Waals surface area contributed by atoms with Gasteiger partial charge in [-0.05, 0) is 26.7 Å². The highest BCUT2D eigenvalue weighted by atomic mass is 16.7. The normalized spacial score (nSPS) is 18.8. The molecule has 1 saturated carbocycles. The van der Waals surface area contributed by atoms with Gasteiger partial charge in [0.25, 0.3) is 0 Å². The van der Waals surface area contributed by atoms with Crippen molar-refractivity contribution in [2.24, 2.45) is 0 Å². The molecule has 3 nitrogen and oxygen atoms in total. The number of ether oxygens (including phenoxy) is 2. The maximum atomic E-state index is 5.55. The molecule has 0 bridgehead atoms. The SMILES string of the molecule is CCOC(CCNC1CCCCCCC1)OCC. The molecule has 0 aromatic heterocycles. The molecule has 3 heteroatoms. The van der Waals surface area contributed by atoms with Gasteiger partial charge in [0.1, 0.15) is 0 Å². The highest BCUT2D eigenvalue weighted by Gasteiger charge is 2.12. The Morgan fingerprint density at radius 1 is 0.944 bits per heavy atom. The molecule has 1 rings (SSSR count). The molecule has 1 aliphatic carbocycles. The molecule has 1 aliphatic rings. The molecule has 0 aromatic carbocycles. The summed E-state index contributed by atoms with van der Waals surface area (Å²) in [6.07, 6.45) is 10.7. The van der Waals surface area contributed by atoms with Gasteiger partial charge in [-0.2, -0.15) is 0 Å². The zero-order valence-electron chi connectivity index (χ0n) is 12.2. The maximum absolute atomic E-state index is 5.55. The highest BCUT2D eigenvalue weighted by Crippen LogP contribution is 2.17. The fraction of sp³-hybridized carbons (Fsp3) is 1.00. The number of hydrogen-bond acceptors (Lipinski definition) is 3. The average molecular weight is 257 g/mol. The van der Waals surface area contributed by atoms with E-state index in [1.807, 2.05) is 13.8 Å². The van der Waals surface area contributed by atoms with E-state index in [4.69, 9.17) is 9.47 Å². The molecular formula is C15H31NO2. The van der Waals surface area contributed by atoms with Crippen LogP contribution in [0.5, 0.6) is 0 Å². The Hall–Kier alpha value is -0.120. The first-order chi connectivity index (χ1) is 8.86. The van der Waals surface area contributed by atoms with Crippen LogP contribution in [0.15, 0.2) is 0 Å². The van der Waals surface area contributed by atoms with Crippen molar-refractivity contribution >= 4 is 0 Å². The minimum Gasteiger partial charge on any atom is -0.353 e. The molecule has 0 amide bonds. The third kappa shape index (κ3) is 7.34. The van der Waals surface area contributed by atoms with E-state index in [0.717, 1.165) is 26.2 Å². The summed E-state index contributed by atoms with van der Waals surface area (Å²) in [5.74, 6) is 0. The summed E-state index contributed by atoms with van der Waals surface area (Å²) in [4.78, 5) is 0. The Bertz CT molecular complexity index is 173. The molecule has 0 atom stereocenters. The summed E-state index contributed by atoms with van der Waals surface area (Å²) in [5, 5.41) is 3.68. The smallest absolute Gasteiger partial charge is 0.158 e. The largest absolute Gasteiger partial charge is 0.353 e. The van der Waals surface area contributed by atoms with Gasteiger partial charge in [-0.1, -0.05) is 32.1 Å². The van der Waals surface area contributed by atoms with Gasteiger partial charge in [0.15, 0.2) is 6.29 Å². The van der Waals surface area contributed by atoms with E-state index in [2.05, 4.69) is 5.32 Å². The van der Waals surface area contributed by atoms with E-state index >= 15 is 0 Å². The summed E-state index contributed by atoms with van der Waals surface area (Å²) in [6, 6.07) is 0.717. The van der Waals surface area contributed by atoms with Gasteiger partial charge in [-0.3, -0.25) is 0 Å². The monoisotopic (exact) mass is 257 g/mol. The molecule has 0 spiro atoms. The Balaban J connectivity index is 2.13. The first kappa shape index (κ1) is 15.9. The van der Waals surface area contributed by atoms with Gasteiger partial charge < -0.3 is 14.8 Å². The van der Waals surface area contributed by atoms with Crippen molar-refractivity contribution in [2.45, 2.75) is 77.5 Å². The standard InChI is InChI=1S/C15H31NO2/c1-3-17-15(18-4-2)12-13-16-14-10-8-6-5-7-9-11-14/h14-16H,3-13H2,1-2H3. The Labute approximate surface area is 113 Å². The van der Waals surface area contributed by atoms with Gasteiger partial charge in [0.05, 0.1) is 0 Å². The van der Waals surface area contributed by atoms with Crippen LogP contribution < -0.4 is 5.32 Å². The van der Waals surface area contributed by atoms with Crippen LogP contribution in [0.25, 0.3) is 0 Å². The number of rotatable bonds is 8. The van der Waals surface area contributed by atoms with E-state index in [9.17, 15) is 0 Å². The minimum atomic E-state index is -0.0268. The predicted molar refractivity (Wildman–Crippen MR) is 75.8 cm³/mol. The third-order valence-electron chi connectivity index (χ3n) is 3.62. The Kier molecular flexibility index (Phi) is 9.54. The molecule has 1 N–H and O–H groups in total. The van der Waals surface area contributed by atoms with Gasteiger partial charge in [0.2, 0.25) is 0 Å². The second-order valence-electron chi connectivity index (χ2n) is 5.13. The van der Waals surface area contributed by atoms with Crippen molar-refractivity contribution in [1.29, 1.82) is 0 Å². The lowest BCUT2D eigenvalue weighted by Gasteiger charge is -2.23. The van der Waals surface area contributed by atoms with Crippen LogP contribution in [0.2, 0.25) is 0 Å². The van der Waals surface area contributed by atoms with E-state index in [-0.39, 0.29) is 6.29 Å². The van der Waals surface area contributed by atoms with Crippen LogP contribution in [0.1, 0.15) is 65.2 Å². The van der Waals surface area contributed by atoms with Gasteiger partial charge in [-0.25, -0.2) is 0 Å². The topological polar surface area (TPSA) is 30.5 Å². The third-order valence-corrected chi connectivity index (χ3v) is 3.62. The summed E-state index contributed by atoms with van der Waals surface area (Å²) in [6.45, 7) is 6.51. The van der Waals surface area contributed by atoms with Crippen molar-refractivity contribution in [3.63, 3.8) is 0 Å². The molecule has 1 fully saturated rings. The summed E-state index contributed by atoms with van der Waals surface area (Å²) < 4.78 is 11.1. The summed E-state index contributed by atoms with van der Waals surface area (Å²) >= 11 is 0. The van der Waals surface area contributed by atoms with Crippen LogP contribution in [0.3, 0.4) is 0 Å². The van der Waals surface area contributed by atoms with Crippen molar-refractivity contribution < 1.29 is 9.47 Å². The van der Waals surface area contributed by atoms with Gasteiger partial charge >= 0.3 is 0 Å². The molecule has 0 heterocycles. The fourth-order valence-corrected chi connectivity index (χ4v) is 2.65. The van der Waals surface area contributed by atoms with Crippen LogP contribution in [-0.2, 0) is 9.47 Å². The van der Waals surface area contributed by atoms with Crippen LogP contribution >= 0.6 is 0 Å². The number of nitrogens with one attached hydrogen (secondary N) is 1. The molecule has 0 unspecified atom stereocenters. The molecule has 0 aliphatic heterocycles. The van der Waals surface area contributed by atoms with Crippen molar-refractivity contribution in [3.05, 3.63) is 0 Å². The summed E-state index contributed by atoms with van der Waals surface area (Å²) in [5.41, 5.74) is 0. The maximum Gasteiger partial charge on any atom is 0.158 e. The zero-order valence-corrected chi connectivity index (χ0v) is 12.2. The van der Waals surface area contributed by atoms with Crippen LogP contribution in [0, 0.1) is 0 Å². The molecular weight excluding hydrogens is 226 g/mol. The lowest BCUT2D eigenvalue weighted by Crippen LogP contribution is -2.33. The fourth-order valence-electron chi connectivity index (χ4n) is 2.65. The minimum absolute atomic E-state index is 0.0268. The Morgan fingerprint density at radius 2 is 1.50 bits per heavy atom. The number of hydrogen-bond donors (Lipinski definition) is 1. The van der Waals surface area contributed by atoms with Crippen molar-refractivity contribution in [3.8, 4) is 0 Å². The van der Waals surface area contributed by atoms with Crippen LogP contribution in [0.4, 0.5) is 0 Å². The molecule has 108 valence electrons. The second-order valence-corrected chi connectivity index (χ2v) is 5.13. The van der Waals surface area contributed by atoms with Gasteiger partial charge in [-0.15, -0.1) is 0 Å². The van der Waals surface area contributed by atoms with Gasteiger partial charge in [0, 0.05) is 32.2 Å². The highest BCUT2D eigenvalue weighted by molar-refractivity contribution is 4.70. The quantitative estimate of drug-likeness (QED) is 0.675. The van der Waals surface area contributed by atoms with E-state index in [0.29, 0.717) is 6.04 Å². The van der Waals surface area contributed by atoms with Crippen LogP contribution in [-0.4, -0.2) is 32.1 Å². The van der Waals surface area contributed by atoms with Crippen molar-refractivity contribution in [1.82, 2.24) is 5.32 Å². The van der Waals surface area contributed by atoms with Crippen molar-refractivity contribution in [2.75, 3.05) is 19.8 Å². The van der Waals surface area contributed by atoms with E-state index in [1.54, 1.807) is 0 Å². The molecule has 0 radical (unpaired) electrons. The zero-order chi connectivity index (χ0) is 13.1. The first-order valence-corrected chi connectivity index (χ1v) is 7.83. The molecule has 0 saturated heterocycles. The predicted octanol–water partition coefficient (Wildman–Crippen LogP) is 3.48. The average Bonchev–Trinajstić information content (AvgIpc) is 2.32. The molecule has 18 heavy (non-hydrogen) atoms. The lowest BCUT2D eigenvalue weighted by molar-refractivity contribution is -0.138. The first-order valence-electron chi connectivity index (χ1n) is 7.83. The van der Waals surface area contributed by atoms with E-state index < -0.39 is 0 Å². The second kappa shape index (κ2) is 10.8. The Morgan fingerprint density at radius 3 is 2.06 bits per heavy atom. The van der Waals surface area contributed by atoms with E-state index in [1.165, 1.54) is 44.9 Å². The molecule has 0 aromatic rings. The summed E-state index contributed by atoms with van der Waals surface area (Å²) in [7, 11) is 0.